The number of carbonyl (C=O) groups excluding carboxylic acids is 2. The molecule has 4 aliphatic rings. The molecule has 0 aromatic carbocycles. The van der Waals surface area contributed by atoms with Crippen LogP contribution in [0.5, 0.6) is 0 Å². The molecule has 1 aliphatic heterocycles. The number of Topliss-reactive ketones (excluding diaryl/α,β-unsaturated/α-hetero) is 1. The minimum absolute atomic E-state index is 0.132. The van der Waals surface area contributed by atoms with Gasteiger partial charge < -0.3 is 24.4 Å². The highest BCUT2D eigenvalue weighted by atomic mass is 16.6. The lowest BCUT2D eigenvalue weighted by Crippen LogP contribution is -2.77. The Hall–Kier alpha value is -1.44. The minimum atomic E-state index is -1.08. The number of ketones is 1. The third-order valence-corrected chi connectivity index (χ3v) is 8.76. The maximum absolute atomic E-state index is 13.6. The Balaban J connectivity index is 1.97. The van der Waals surface area contributed by atoms with E-state index in [0.717, 1.165) is 0 Å². The second kappa shape index (κ2) is 6.53. The van der Waals surface area contributed by atoms with Crippen LogP contribution in [0.4, 0.5) is 0 Å². The number of methoxy groups -OCH3 is 2. The van der Waals surface area contributed by atoms with Crippen LogP contribution in [0.3, 0.4) is 0 Å². The highest BCUT2D eigenvalue weighted by molar-refractivity contribution is 6.00. The van der Waals surface area contributed by atoms with Crippen LogP contribution >= 0.6 is 0 Å². The number of allylic oxidation sites excluding steroid dienone is 2. The molecule has 0 bridgehead atoms. The molecule has 29 heavy (non-hydrogen) atoms. The summed E-state index contributed by atoms with van der Waals surface area (Å²) in [6.07, 6.45) is -1.34. The molecular formula is C22H32O7. The summed E-state index contributed by atoms with van der Waals surface area (Å²) in [5.74, 6) is -1.88. The van der Waals surface area contributed by atoms with Crippen molar-refractivity contribution in [3.63, 3.8) is 0 Å². The third-order valence-electron chi connectivity index (χ3n) is 8.76. The van der Waals surface area contributed by atoms with Crippen molar-refractivity contribution < 1.29 is 34.0 Å². The van der Waals surface area contributed by atoms with E-state index >= 15 is 0 Å². The quantitative estimate of drug-likeness (QED) is 0.664. The number of ether oxygens (including phenoxy) is 3. The second-order valence-electron chi connectivity index (χ2n) is 9.84. The third kappa shape index (κ3) is 2.35. The Kier molecular flexibility index (Phi) is 4.69. The zero-order valence-corrected chi connectivity index (χ0v) is 17.9. The number of rotatable bonds is 2. The second-order valence-corrected chi connectivity index (χ2v) is 9.84. The number of hydrogen-bond donors (Lipinski definition) is 2. The van der Waals surface area contributed by atoms with Gasteiger partial charge in [0.15, 0.2) is 5.76 Å². The molecule has 1 saturated heterocycles. The summed E-state index contributed by atoms with van der Waals surface area (Å²) < 4.78 is 16.8. The molecule has 4 rings (SSSR count). The molecule has 0 aromatic rings. The van der Waals surface area contributed by atoms with Crippen molar-refractivity contribution in [2.24, 2.45) is 40.4 Å². The van der Waals surface area contributed by atoms with Crippen LogP contribution in [-0.2, 0) is 23.8 Å². The van der Waals surface area contributed by atoms with Gasteiger partial charge in [-0.2, -0.15) is 0 Å². The van der Waals surface area contributed by atoms with E-state index in [9.17, 15) is 19.8 Å². The first-order chi connectivity index (χ1) is 13.5. The number of carbonyl (C=O) groups is 2. The van der Waals surface area contributed by atoms with Crippen molar-refractivity contribution >= 4 is 11.8 Å². The molecule has 0 amide bonds. The summed E-state index contributed by atoms with van der Waals surface area (Å²) in [6.45, 7) is 7.68. The van der Waals surface area contributed by atoms with E-state index in [0.29, 0.717) is 0 Å². The topological polar surface area (TPSA) is 102 Å². The fraction of sp³-hybridized carbons (Fsp3) is 0.818. The predicted octanol–water partition coefficient (Wildman–Crippen LogP) is 1.31. The summed E-state index contributed by atoms with van der Waals surface area (Å²) in [5.41, 5.74) is -1.85. The van der Waals surface area contributed by atoms with E-state index in [-0.39, 0.29) is 41.7 Å². The summed E-state index contributed by atoms with van der Waals surface area (Å²) in [7, 11) is 3.02. The molecule has 0 spiro atoms. The Morgan fingerprint density at radius 2 is 1.79 bits per heavy atom. The van der Waals surface area contributed by atoms with Gasteiger partial charge in [-0.25, -0.2) is 0 Å². The van der Waals surface area contributed by atoms with Crippen molar-refractivity contribution in [1.82, 2.24) is 0 Å². The predicted molar refractivity (Wildman–Crippen MR) is 102 cm³/mol. The molecule has 7 nitrogen and oxygen atoms in total. The fourth-order valence-electron chi connectivity index (χ4n) is 7.72. The smallest absolute Gasteiger partial charge is 0.306 e. The van der Waals surface area contributed by atoms with Gasteiger partial charge in [-0.15, -0.1) is 0 Å². The zero-order chi connectivity index (χ0) is 21.5. The summed E-state index contributed by atoms with van der Waals surface area (Å²) in [6, 6.07) is 0. The van der Waals surface area contributed by atoms with Gasteiger partial charge in [0.05, 0.1) is 25.4 Å². The lowest BCUT2D eigenvalue weighted by Gasteiger charge is -2.69. The molecular weight excluding hydrogens is 376 g/mol. The van der Waals surface area contributed by atoms with E-state index in [1.165, 1.54) is 7.11 Å². The lowest BCUT2D eigenvalue weighted by molar-refractivity contribution is -0.304. The van der Waals surface area contributed by atoms with Gasteiger partial charge in [0.1, 0.15) is 6.10 Å². The van der Waals surface area contributed by atoms with Crippen LogP contribution in [0.25, 0.3) is 0 Å². The molecule has 11 unspecified atom stereocenters. The average Bonchev–Trinajstić information content (AvgIpc) is 2.65. The van der Waals surface area contributed by atoms with Crippen LogP contribution < -0.4 is 0 Å². The fourth-order valence-corrected chi connectivity index (χ4v) is 7.72. The van der Waals surface area contributed by atoms with Gasteiger partial charge in [-0.05, 0) is 23.8 Å². The van der Waals surface area contributed by atoms with E-state index in [1.54, 1.807) is 13.2 Å². The average molecular weight is 408 g/mol. The molecule has 0 radical (unpaired) electrons. The van der Waals surface area contributed by atoms with Gasteiger partial charge in [0.2, 0.25) is 5.78 Å². The van der Waals surface area contributed by atoms with E-state index < -0.39 is 47.1 Å². The van der Waals surface area contributed by atoms with E-state index in [2.05, 4.69) is 0 Å². The molecule has 3 fully saturated rings. The van der Waals surface area contributed by atoms with Crippen molar-refractivity contribution in [3.8, 4) is 0 Å². The Labute approximate surface area is 171 Å². The number of fused-ring (bicyclic) bond motifs is 2. The summed E-state index contributed by atoms with van der Waals surface area (Å²) >= 11 is 0. The van der Waals surface area contributed by atoms with Gasteiger partial charge >= 0.3 is 5.97 Å². The first-order valence-corrected chi connectivity index (χ1v) is 10.4. The Bertz CT molecular complexity index is 762. The maximum atomic E-state index is 13.6. The van der Waals surface area contributed by atoms with Crippen LogP contribution in [0.1, 0.15) is 34.1 Å². The highest BCUT2D eigenvalue weighted by Crippen LogP contribution is 2.68. The lowest BCUT2D eigenvalue weighted by atomic mass is 9.37. The van der Waals surface area contributed by atoms with Crippen molar-refractivity contribution in [2.75, 3.05) is 14.2 Å². The molecule has 1 heterocycles. The van der Waals surface area contributed by atoms with E-state index in [4.69, 9.17) is 14.2 Å². The van der Waals surface area contributed by atoms with Gasteiger partial charge in [-0.3, -0.25) is 9.59 Å². The molecule has 162 valence electrons. The number of esters is 1. The monoisotopic (exact) mass is 408 g/mol. The molecule has 2 N–H and O–H groups in total. The highest BCUT2D eigenvalue weighted by Gasteiger charge is 2.75. The Morgan fingerprint density at radius 1 is 1.14 bits per heavy atom. The number of hydrogen-bond acceptors (Lipinski definition) is 7. The first-order valence-electron chi connectivity index (χ1n) is 10.4. The molecule has 11 atom stereocenters. The molecule has 0 aromatic heterocycles. The standard InChI is InChI=1S/C22H32O7/c1-9-7-12(27-5)19(26)22(4)14(9)15(24)20-21(3)11(8-13(23)29-20)10(2)17(28-6)16(25)18(21)22/h7,9-11,14-18,20,24-25H,8H2,1-6H3. The molecule has 2 saturated carbocycles. The van der Waals surface area contributed by atoms with Crippen molar-refractivity contribution in [3.05, 3.63) is 11.8 Å². The minimum Gasteiger partial charge on any atom is -0.493 e. The van der Waals surface area contributed by atoms with Crippen LogP contribution in [0.2, 0.25) is 0 Å². The molecule has 3 aliphatic carbocycles. The van der Waals surface area contributed by atoms with E-state index in [1.807, 2.05) is 27.7 Å². The van der Waals surface area contributed by atoms with Gasteiger partial charge in [0, 0.05) is 36.2 Å². The largest absolute Gasteiger partial charge is 0.493 e. The summed E-state index contributed by atoms with van der Waals surface area (Å²) in [5, 5.41) is 22.9. The SMILES string of the molecule is COC1=CC(C)C2C(O)C3OC(=O)CC4C(C)C(OC)C(O)C(C2(C)C1=O)C43C. The number of aliphatic hydroxyl groups is 2. The van der Waals surface area contributed by atoms with Crippen LogP contribution in [-0.4, -0.2) is 60.6 Å². The number of aliphatic hydroxyl groups excluding tert-OH is 2. The molecule has 7 heteroatoms. The summed E-state index contributed by atoms with van der Waals surface area (Å²) in [4.78, 5) is 26.1. The van der Waals surface area contributed by atoms with Crippen molar-refractivity contribution in [1.29, 1.82) is 0 Å². The normalized spacial score (nSPS) is 54.1. The zero-order valence-electron chi connectivity index (χ0n) is 17.9. The van der Waals surface area contributed by atoms with Gasteiger partial charge in [-0.1, -0.05) is 27.7 Å². The first kappa shape index (κ1) is 20.8. The Morgan fingerprint density at radius 3 is 2.38 bits per heavy atom. The van der Waals surface area contributed by atoms with Crippen LogP contribution in [0.15, 0.2) is 11.8 Å². The van der Waals surface area contributed by atoms with Gasteiger partial charge in [0.25, 0.3) is 0 Å². The van der Waals surface area contributed by atoms with Crippen molar-refractivity contribution in [2.45, 2.75) is 58.5 Å². The maximum Gasteiger partial charge on any atom is 0.306 e. The van der Waals surface area contributed by atoms with Crippen LogP contribution in [0, 0.1) is 40.4 Å².